The topological polar surface area (TPSA) is 79.5 Å². The van der Waals surface area contributed by atoms with Crippen LogP contribution in [0.3, 0.4) is 0 Å². The van der Waals surface area contributed by atoms with Crippen LogP contribution in [0.4, 0.5) is 5.82 Å². The summed E-state index contributed by atoms with van der Waals surface area (Å²) < 4.78 is 0. The molecule has 0 aliphatic carbocycles. The van der Waals surface area contributed by atoms with Crippen molar-refractivity contribution in [3.8, 4) is 0 Å². The average molecular weight is 279 g/mol. The van der Waals surface area contributed by atoms with Crippen molar-refractivity contribution in [2.75, 3.05) is 19.3 Å². The third kappa shape index (κ3) is 4.49. The number of amides is 1. The third-order valence-corrected chi connectivity index (χ3v) is 2.83. The number of rotatable bonds is 3. The monoisotopic (exact) mass is 279 g/mol. The highest BCUT2D eigenvalue weighted by atomic mass is 16.3. The van der Waals surface area contributed by atoms with E-state index in [-0.39, 0.29) is 17.9 Å². The number of nitrogens with zero attached hydrogens (tertiary/aromatic N) is 2. The van der Waals surface area contributed by atoms with Crippen molar-refractivity contribution in [3.63, 3.8) is 0 Å². The van der Waals surface area contributed by atoms with E-state index in [4.69, 9.17) is 5.73 Å². The molecule has 0 unspecified atom stereocenters. The van der Waals surface area contributed by atoms with Crippen LogP contribution in [0, 0.1) is 0 Å². The van der Waals surface area contributed by atoms with E-state index in [1.54, 1.807) is 33.0 Å². The first-order chi connectivity index (χ1) is 8.90. The first-order valence-corrected chi connectivity index (χ1v) is 6.66. The van der Waals surface area contributed by atoms with Crippen LogP contribution in [0.2, 0.25) is 0 Å². The van der Waals surface area contributed by atoms with E-state index in [0.29, 0.717) is 11.4 Å². The van der Waals surface area contributed by atoms with Crippen molar-refractivity contribution < 1.29 is 9.90 Å². The molecule has 5 heteroatoms. The van der Waals surface area contributed by atoms with Crippen molar-refractivity contribution in [2.24, 2.45) is 0 Å². The number of hydrogen-bond donors (Lipinski definition) is 2. The molecule has 0 aromatic carbocycles. The zero-order chi connectivity index (χ0) is 15.7. The summed E-state index contributed by atoms with van der Waals surface area (Å²) in [4.78, 5) is 18.2. The fourth-order valence-corrected chi connectivity index (χ4v) is 1.93. The fraction of sp³-hybridized carbons (Fsp3) is 0.600. The minimum atomic E-state index is -0.935. The first kappa shape index (κ1) is 16.4. The van der Waals surface area contributed by atoms with Gasteiger partial charge in [-0.15, -0.1) is 0 Å². The minimum absolute atomic E-state index is 0.174. The van der Waals surface area contributed by atoms with Crippen molar-refractivity contribution in [1.82, 2.24) is 9.88 Å². The number of carbonyl (C=O) groups is 1. The molecule has 0 aliphatic rings. The molecule has 0 aliphatic heterocycles. The lowest BCUT2D eigenvalue weighted by atomic mass is 9.90. The quantitative estimate of drug-likeness (QED) is 0.884. The predicted octanol–water partition coefficient (Wildman–Crippen LogP) is 1.80. The number of aliphatic hydroxyl groups is 1. The molecule has 1 rings (SSSR count). The summed E-state index contributed by atoms with van der Waals surface area (Å²) in [6.07, 6.45) is 0. The summed E-state index contributed by atoms with van der Waals surface area (Å²) >= 11 is 0. The molecule has 1 amide bonds. The van der Waals surface area contributed by atoms with Crippen LogP contribution in [0.25, 0.3) is 0 Å². The van der Waals surface area contributed by atoms with Gasteiger partial charge in [-0.2, -0.15) is 0 Å². The van der Waals surface area contributed by atoms with Crippen LogP contribution < -0.4 is 5.73 Å². The van der Waals surface area contributed by atoms with Crippen LogP contribution in [-0.2, 0) is 5.41 Å². The lowest BCUT2D eigenvalue weighted by Gasteiger charge is -2.26. The van der Waals surface area contributed by atoms with Gasteiger partial charge >= 0.3 is 0 Å². The highest BCUT2D eigenvalue weighted by molar-refractivity contribution is 5.94. The Morgan fingerprint density at radius 3 is 2.30 bits per heavy atom. The van der Waals surface area contributed by atoms with Gasteiger partial charge in [0.2, 0.25) is 0 Å². The molecule has 0 saturated heterocycles. The first-order valence-electron chi connectivity index (χ1n) is 6.66. The Bertz CT molecular complexity index is 499. The van der Waals surface area contributed by atoms with Gasteiger partial charge in [-0.1, -0.05) is 20.8 Å². The number of nitrogen functional groups attached to an aromatic ring is 1. The van der Waals surface area contributed by atoms with Gasteiger partial charge in [0.05, 0.1) is 5.60 Å². The van der Waals surface area contributed by atoms with E-state index in [9.17, 15) is 9.90 Å². The molecule has 3 N–H and O–H groups in total. The van der Waals surface area contributed by atoms with Gasteiger partial charge < -0.3 is 15.7 Å². The Morgan fingerprint density at radius 2 is 1.85 bits per heavy atom. The summed E-state index contributed by atoms with van der Waals surface area (Å²) in [5.41, 5.74) is 5.94. The zero-order valence-corrected chi connectivity index (χ0v) is 13.2. The van der Waals surface area contributed by atoms with E-state index in [1.165, 1.54) is 4.90 Å². The van der Waals surface area contributed by atoms with Gasteiger partial charge in [0.1, 0.15) is 5.82 Å². The van der Waals surface area contributed by atoms with Gasteiger partial charge in [-0.05, 0) is 26.0 Å². The molecule has 20 heavy (non-hydrogen) atoms. The Balaban J connectivity index is 3.08. The lowest BCUT2D eigenvalue weighted by molar-refractivity contribution is 0.0368. The Labute approximate surface area is 120 Å². The molecule has 1 aromatic heterocycles. The maximum atomic E-state index is 12.4. The zero-order valence-electron chi connectivity index (χ0n) is 13.2. The summed E-state index contributed by atoms with van der Waals surface area (Å²) in [6.45, 7) is 9.63. The van der Waals surface area contributed by atoms with E-state index < -0.39 is 5.60 Å². The predicted molar refractivity (Wildman–Crippen MR) is 80.6 cm³/mol. The van der Waals surface area contributed by atoms with Gasteiger partial charge in [-0.25, -0.2) is 4.98 Å². The number of likely N-dealkylation sites (N-methyl/N-ethyl adjacent to an activating group) is 1. The number of carbonyl (C=O) groups excluding carboxylic acids is 1. The lowest BCUT2D eigenvalue weighted by Crippen LogP contribution is -2.39. The maximum absolute atomic E-state index is 12.4. The van der Waals surface area contributed by atoms with E-state index in [2.05, 4.69) is 4.98 Å². The molecular weight excluding hydrogens is 254 g/mol. The Hall–Kier alpha value is -1.62. The number of aromatic nitrogens is 1. The molecule has 112 valence electrons. The van der Waals surface area contributed by atoms with Crippen molar-refractivity contribution in [1.29, 1.82) is 0 Å². The highest BCUT2D eigenvalue weighted by Crippen LogP contribution is 2.23. The van der Waals surface area contributed by atoms with Gasteiger partial charge in [-0.3, -0.25) is 4.79 Å². The van der Waals surface area contributed by atoms with Gasteiger partial charge in [0.25, 0.3) is 5.91 Å². The van der Waals surface area contributed by atoms with Crippen LogP contribution in [0.5, 0.6) is 0 Å². The normalized spacial score (nSPS) is 12.3. The number of hydrogen-bond acceptors (Lipinski definition) is 4. The highest BCUT2D eigenvalue weighted by Gasteiger charge is 2.23. The van der Waals surface area contributed by atoms with Crippen LogP contribution in [0.1, 0.15) is 50.7 Å². The molecule has 0 saturated carbocycles. The van der Waals surface area contributed by atoms with Crippen LogP contribution in [-0.4, -0.2) is 40.1 Å². The summed E-state index contributed by atoms with van der Waals surface area (Å²) in [5, 5.41) is 9.79. The molecular formula is C15H25N3O2. The Morgan fingerprint density at radius 1 is 1.30 bits per heavy atom. The average Bonchev–Trinajstić information content (AvgIpc) is 2.23. The molecule has 1 heterocycles. The molecule has 0 radical (unpaired) electrons. The fourth-order valence-electron chi connectivity index (χ4n) is 1.93. The number of pyridine rings is 1. The van der Waals surface area contributed by atoms with Crippen molar-refractivity contribution in [3.05, 3.63) is 23.4 Å². The molecule has 1 aromatic rings. The third-order valence-electron chi connectivity index (χ3n) is 2.83. The number of nitrogens with two attached hydrogens (primary N) is 1. The van der Waals surface area contributed by atoms with E-state index >= 15 is 0 Å². The molecule has 5 nitrogen and oxygen atoms in total. The van der Waals surface area contributed by atoms with Crippen molar-refractivity contribution >= 4 is 11.7 Å². The second-order valence-electron chi connectivity index (χ2n) is 6.89. The van der Waals surface area contributed by atoms with Crippen molar-refractivity contribution in [2.45, 2.75) is 45.6 Å². The second-order valence-corrected chi connectivity index (χ2v) is 6.89. The summed E-state index contributed by atoms with van der Waals surface area (Å²) in [6, 6.07) is 3.33. The van der Waals surface area contributed by atoms with Gasteiger partial charge in [0.15, 0.2) is 0 Å². The van der Waals surface area contributed by atoms with Crippen LogP contribution >= 0.6 is 0 Å². The Kier molecular flexibility index (Phi) is 4.44. The van der Waals surface area contributed by atoms with Gasteiger partial charge in [0, 0.05) is 30.3 Å². The summed E-state index contributed by atoms with van der Waals surface area (Å²) in [5.74, 6) is 0.157. The van der Waals surface area contributed by atoms with E-state index in [0.717, 1.165) is 5.69 Å². The molecule has 0 fully saturated rings. The van der Waals surface area contributed by atoms with E-state index in [1.807, 2.05) is 20.8 Å². The molecule has 0 bridgehead atoms. The SMILES string of the molecule is CN(CC(C)(C)O)C(=O)c1cc(N)nc(C(C)(C)C)c1. The van der Waals surface area contributed by atoms with Crippen LogP contribution in [0.15, 0.2) is 12.1 Å². The minimum Gasteiger partial charge on any atom is -0.389 e. The number of anilines is 1. The molecule has 0 atom stereocenters. The largest absolute Gasteiger partial charge is 0.389 e. The second kappa shape index (κ2) is 5.40. The standard InChI is InChI=1S/C15H25N3O2/c1-14(2,3)11-7-10(8-12(16)17-11)13(19)18(6)9-15(4,5)20/h7-8,20H,9H2,1-6H3,(H2,16,17). The summed E-state index contributed by atoms with van der Waals surface area (Å²) in [7, 11) is 1.66. The maximum Gasteiger partial charge on any atom is 0.253 e. The smallest absolute Gasteiger partial charge is 0.253 e. The molecule has 0 spiro atoms.